The summed E-state index contributed by atoms with van der Waals surface area (Å²) in [4.78, 5) is 0. The van der Waals surface area contributed by atoms with Crippen LogP contribution in [-0.4, -0.2) is 11.7 Å². The van der Waals surface area contributed by atoms with Crippen LogP contribution in [0.2, 0.25) is 5.02 Å². The lowest BCUT2D eigenvalue weighted by Gasteiger charge is -2.24. The van der Waals surface area contributed by atoms with Crippen LogP contribution in [0.3, 0.4) is 0 Å². The van der Waals surface area contributed by atoms with E-state index in [1.807, 2.05) is 12.1 Å². The van der Waals surface area contributed by atoms with Crippen LogP contribution >= 0.6 is 27.5 Å². The number of aryl methyl sites for hydroxylation is 2. The molecule has 2 rings (SSSR count). The zero-order valence-electron chi connectivity index (χ0n) is 12.1. The van der Waals surface area contributed by atoms with Crippen LogP contribution < -0.4 is 5.73 Å². The van der Waals surface area contributed by atoms with Crippen LogP contribution in [0.5, 0.6) is 0 Å². The SMILES string of the molecule is Cc1ccc(C(CN)C(O)c2ccc(Cl)cc2Br)cc1C. The zero-order chi connectivity index (χ0) is 15.6. The van der Waals surface area contributed by atoms with Gasteiger partial charge in [-0.2, -0.15) is 0 Å². The first-order valence-electron chi connectivity index (χ1n) is 6.84. The van der Waals surface area contributed by atoms with Gasteiger partial charge in [0.1, 0.15) is 0 Å². The highest BCUT2D eigenvalue weighted by Gasteiger charge is 2.23. The lowest BCUT2D eigenvalue weighted by atomic mass is 9.88. The third kappa shape index (κ3) is 3.67. The number of aliphatic hydroxyl groups excluding tert-OH is 1. The van der Waals surface area contributed by atoms with Gasteiger partial charge in [-0.25, -0.2) is 0 Å². The molecule has 0 saturated heterocycles. The van der Waals surface area contributed by atoms with E-state index in [2.05, 4.69) is 41.9 Å². The fourth-order valence-electron chi connectivity index (χ4n) is 2.40. The molecule has 112 valence electrons. The van der Waals surface area contributed by atoms with Gasteiger partial charge in [-0.05, 0) is 48.2 Å². The van der Waals surface area contributed by atoms with Crippen molar-refractivity contribution in [2.75, 3.05) is 6.54 Å². The van der Waals surface area contributed by atoms with Crippen LogP contribution in [0.1, 0.15) is 34.3 Å². The Labute approximate surface area is 139 Å². The van der Waals surface area contributed by atoms with Crippen LogP contribution in [0, 0.1) is 13.8 Å². The predicted octanol–water partition coefficient (Wildman–Crippen LogP) is 4.50. The molecule has 0 amide bonds. The van der Waals surface area contributed by atoms with E-state index in [1.165, 1.54) is 11.1 Å². The molecule has 4 heteroatoms. The molecule has 0 aromatic heterocycles. The molecule has 2 aromatic carbocycles. The maximum atomic E-state index is 10.7. The Morgan fingerprint density at radius 1 is 1.14 bits per heavy atom. The summed E-state index contributed by atoms with van der Waals surface area (Å²) in [6.45, 7) is 4.51. The molecule has 2 nitrogen and oxygen atoms in total. The first kappa shape index (κ1) is 16.5. The minimum atomic E-state index is -0.677. The molecule has 0 heterocycles. The highest BCUT2D eigenvalue weighted by molar-refractivity contribution is 9.10. The summed E-state index contributed by atoms with van der Waals surface area (Å²) < 4.78 is 0.796. The van der Waals surface area contributed by atoms with Gasteiger partial charge < -0.3 is 10.8 Å². The van der Waals surface area contributed by atoms with Crippen LogP contribution in [0.25, 0.3) is 0 Å². The molecule has 2 unspecified atom stereocenters. The molecule has 0 spiro atoms. The van der Waals surface area contributed by atoms with Crippen molar-refractivity contribution in [3.05, 3.63) is 68.1 Å². The van der Waals surface area contributed by atoms with Crippen molar-refractivity contribution < 1.29 is 5.11 Å². The average Bonchev–Trinajstić information content (AvgIpc) is 2.43. The van der Waals surface area contributed by atoms with Gasteiger partial charge in [0.25, 0.3) is 0 Å². The number of aliphatic hydroxyl groups is 1. The van der Waals surface area contributed by atoms with Gasteiger partial charge in [-0.3, -0.25) is 0 Å². The van der Waals surface area contributed by atoms with Gasteiger partial charge in [0, 0.05) is 22.0 Å². The van der Waals surface area contributed by atoms with Gasteiger partial charge in [-0.1, -0.05) is 51.8 Å². The molecule has 0 radical (unpaired) electrons. The van der Waals surface area contributed by atoms with Crippen molar-refractivity contribution >= 4 is 27.5 Å². The lowest BCUT2D eigenvalue weighted by molar-refractivity contribution is 0.146. The number of halogens is 2. The van der Waals surface area contributed by atoms with E-state index in [4.69, 9.17) is 17.3 Å². The molecular weight excluding hydrogens is 350 g/mol. The summed E-state index contributed by atoms with van der Waals surface area (Å²) in [6.07, 6.45) is -0.677. The molecular formula is C17H19BrClNO. The molecule has 3 N–H and O–H groups in total. The lowest BCUT2D eigenvalue weighted by Crippen LogP contribution is -2.20. The van der Waals surface area contributed by atoms with Crippen LogP contribution in [0.15, 0.2) is 40.9 Å². The minimum absolute atomic E-state index is 0.151. The predicted molar refractivity (Wildman–Crippen MR) is 91.8 cm³/mol. The van der Waals surface area contributed by atoms with Gasteiger partial charge in [0.05, 0.1) is 6.10 Å². The zero-order valence-corrected chi connectivity index (χ0v) is 14.4. The quantitative estimate of drug-likeness (QED) is 0.835. The fourth-order valence-corrected chi connectivity index (χ4v) is 3.32. The first-order valence-corrected chi connectivity index (χ1v) is 8.01. The van der Waals surface area contributed by atoms with Crippen molar-refractivity contribution in [3.63, 3.8) is 0 Å². The normalized spacial score (nSPS) is 14.0. The maximum Gasteiger partial charge on any atom is 0.0881 e. The Morgan fingerprint density at radius 3 is 2.43 bits per heavy atom. The van der Waals surface area contributed by atoms with Gasteiger partial charge in [0.2, 0.25) is 0 Å². The number of hydrogen-bond donors (Lipinski definition) is 2. The van der Waals surface area contributed by atoms with Gasteiger partial charge in [-0.15, -0.1) is 0 Å². The van der Waals surface area contributed by atoms with Crippen molar-refractivity contribution in [1.82, 2.24) is 0 Å². The highest BCUT2D eigenvalue weighted by Crippen LogP contribution is 2.35. The van der Waals surface area contributed by atoms with E-state index in [0.717, 1.165) is 15.6 Å². The second-order valence-electron chi connectivity index (χ2n) is 5.30. The molecule has 2 aromatic rings. The van der Waals surface area contributed by atoms with E-state index in [9.17, 15) is 5.11 Å². The summed E-state index contributed by atoms with van der Waals surface area (Å²) in [5.74, 6) is -0.151. The summed E-state index contributed by atoms with van der Waals surface area (Å²) in [5, 5.41) is 11.3. The smallest absolute Gasteiger partial charge is 0.0881 e. The second kappa shape index (κ2) is 6.93. The summed E-state index contributed by atoms with van der Waals surface area (Å²) in [7, 11) is 0. The van der Waals surface area contributed by atoms with E-state index in [-0.39, 0.29) is 5.92 Å². The van der Waals surface area contributed by atoms with Crippen molar-refractivity contribution in [2.24, 2.45) is 5.73 Å². The Hall–Kier alpha value is -0.870. The summed E-state index contributed by atoms with van der Waals surface area (Å²) in [6, 6.07) is 11.6. The van der Waals surface area contributed by atoms with E-state index in [1.54, 1.807) is 12.1 Å². The minimum Gasteiger partial charge on any atom is -0.388 e. The summed E-state index contributed by atoms with van der Waals surface area (Å²) in [5.41, 5.74) is 10.2. The Kier molecular flexibility index (Phi) is 5.44. The molecule has 0 aliphatic carbocycles. The van der Waals surface area contributed by atoms with E-state index in [0.29, 0.717) is 11.6 Å². The molecule has 0 aliphatic heterocycles. The van der Waals surface area contributed by atoms with Crippen LogP contribution in [-0.2, 0) is 0 Å². The van der Waals surface area contributed by atoms with Crippen molar-refractivity contribution in [2.45, 2.75) is 25.9 Å². The Morgan fingerprint density at radius 2 is 1.86 bits per heavy atom. The van der Waals surface area contributed by atoms with E-state index >= 15 is 0 Å². The third-order valence-corrected chi connectivity index (χ3v) is 4.80. The topological polar surface area (TPSA) is 46.2 Å². The first-order chi connectivity index (χ1) is 9.93. The molecule has 2 atom stereocenters. The molecule has 0 saturated carbocycles. The number of rotatable bonds is 4. The van der Waals surface area contributed by atoms with Gasteiger partial charge >= 0.3 is 0 Å². The molecule has 0 aliphatic rings. The van der Waals surface area contributed by atoms with Gasteiger partial charge in [0.15, 0.2) is 0 Å². The van der Waals surface area contributed by atoms with Crippen molar-refractivity contribution in [1.29, 1.82) is 0 Å². The summed E-state index contributed by atoms with van der Waals surface area (Å²) >= 11 is 9.41. The Bertz CT molecular complexity index is 645. The number of benzene rings is 2. The largest absolute Gasteiger partial charge is 0.388 e. The number of hydrogen-bond acceptors (Lipinski definition) is 2. The van der Waals surface area contributed by atoms with Crippen molar-refractivity contribution in [3.8, 4) is 0 Å². The third-order valence-electron chi connectivity index (χ3n) is 3.88. The van der Waals surface area contributed by atoms with E-state index < -0.39 is 6.10 Å². The molecule has 0 bridgehead atoms. The van der Waals surface area contributed by atoms with Crippen LogP contribution in [0.4, 0.5) is 0 Å². The molecule has 0 fully saturated rings. The highest BCUT2D eigenvalue weighted by atomic mass is 79.9. The molecule has 21 heavy (non-hydrogen) atoms. The maximum absolute atomic E-state index is 10.7. The standard InChI is InChI=1S/C17H19BrClNO/c1-10-3-4-12(7-11(10)2)15(9-20)17(21)14-6-5-13(19)8-16(14)18/h3-8,15,17,21H,9,20H2,1-2H3. The monoisotopic (exact) mass is 367 g/mol. The Balaban J connectivity index is 2.37. The fraction of sp³-hybridized carbons (Fsp3) is 0.294. The average molecular weight is 369 g/mol. The number of nitrogens with two attached hydrogens (primary N) is 1. The second-order valence-corrected chi connectivity index (χ2v) is 6.59.